The molecule has 0 radical (unpaired) electrons. The maximum absolute atomic E-state index is 13.2. The number of carbonyl (C=O) groups is 2. The molecule has 1 fully saturated rings. The highest BCUT2D eigenvalue weighted by molar-refractivity contribution is 5.93. The van der Waals surface area contributed by atoms with Crippen LogP contribution < -0.4 is 19.5 Å². The van der Waals surface area contributed by atoms with Crippen LogP contribution in [-0.4, -0.2) is 43.7 Å². The number of carbonyl (C=O) groups excluding carboxylic acids is 2. The van der Waals surface area contributed by atoms with Crippen LogP contribution in [-0.2, 0) is 9.59 Å². The maximum Gasteiger partial charge on any atom is 0.231 e. The predicted molar refractivity (Wildman–Crippen MR) is 129 cm³/mol. The van der Waals surface area contributed by atoms with Gasteiger partial charge in [-0.05, 0) is 60.4 Å². The van der Waals surface area contributed by atoms with Crippen LogP contribution in [0.2, 0.25) is 0 Å². The van der Waals surface area contributed by atoms with Crippen molar-refractivity contribution in [1.82, 2.24) is 4.90 Å². The zero-order valence-corrected chi connectivity index (χ0v) is 19.4. The Morgan fingerprint density at radius 1 is 0.971 bits per heavy atom. The summed E-state index contributed by atoms with van der Waals surface area (Å²) >= 11 is 0. The number of likely N-dealkylation sites (tertiary alicyclic amines) is 1. The average molecular weight is 461 g/mol. The van der Waals surface area contributed by atoms with Gasteiger partial charge in [0.05, 0.1) is 13.0 Å². The van der Waals surface area contributed by atoms with Gasteiger partial charge in [0.15, 0.2) is 11.5 Å². The molecule has 2 heterocycles. The number of ether oxygens (including phenoxy) is 3. The minimum atomic E-state index is -0.245. The minimum absolute atomic E-state index is 0.0241. The molecule has 0 unspecified atom stereocenters. The number of hydrogen-bond acceptors (Lipinski definition) is 5. The molecule has 3 aromatic carbocycles. The first-order chi connectivity index (χ1) is 16.5. The Kier molecular flexibility index (Phi) is 6.01. The molecule has 0 bridgehead atoms. The van der Waals surface area contributed by atoms with E-state index < -0.39 is 0 Å². The lowest BCUT2D eigenvalue weighted by molar-refractivity contribution is -0.135. The second-order valence-electron chi connectivity index (χ2n) is 8.85. The molecule has 1 N–H and O–H groups in total. The van der Waals surface area contributed by atoms with E-state index in [4.69, 9.17) is 14.2 Å². The molecule has 0 aromatic heterocycles. The monoisotopic (exact) mass is 460 g/mol. The van der Waals surface area contributed by atoms with Crippen LogP contribution in [0.25, 0.3) is 10.8 Å². The summed E-state index contributed by atoms with van der Waals surface area (Å²) in [4.78, 5) is 27.8. The van der Waals surface area contributed by atoms with E-state index in [9.17, 15) is 9.59 Å². The zero-order chi connectivity index (χ0) is 23.7. The number of fused-ring (bicyclic) bond motifs is 2. The molecule has 2 aliphatic heterocycles. The number of benzene rings is 3. The quantitative estimate of drug-likeness (QED) is 0.604. The highest BCUT2D eigenvalue weighted by atomic mass is 16.7. The summed E-state index contributed by atoms with van der Waals surface area (Å²) in [6.45, 7) is 3.30. The maximum atomic E-state index is 13.2. The number of hydrogen-bond donors (Lipinski definition) is 1. The van der Waals surface area contributed by atoms with E-state index in [0.717, 1.165) is 22.1 Å². The Bertz CT molecular complexity index is 1230. The number of rotatable bonds is 5. The van der Waals surface area contributed by atoms with E-state index >= 15 is 0 Å². The Morgan fingerprint density at radius 2 is 1.71 bits per heavy atom. The molecule has 176 valence electrons. The lowest BCUT2D eigenvalue weighted by Gasteiger charge is -2.33. The summed E-state index contributed by atoms with van der Waals surface area (Å²) in [7, 11) is 1.65. The van der Waals surface area contributed by atoms with Crippen LogP contribution in [0.4, 0.5) is 5.69 Å². The second-order valence-corrected chi connectivity index (χ2v) is 8.85. The molecular weight excluding hydrogens is 432 g/mol. The summed E-state index contributed by atoms with van der Waals surface area (Å²) < 4.78 is 16.0. The van der Waals surface area contributed by atoms with Crippen LogP contribution in [0, 0.1) is 5.92 Å². The highest BCUT2D eigenvalue weighted by Gasteiger charge is 2.30. The molecule has 2 amide bonds. The molecule has 1 saturated heterocycles. The van der Waals surface area contributed by atoms with E-state index in [-0.39, 0.29) is 30.4 Å². The van der Waals surface area contributed by atoms with Gasteiger partial charge in [0.2, 0.25) is 18.6 Å². The van der Waals surface area contributed by atoms with Gasteiger partial charge in [-0.1, -0.05) is 24.3 Å². The fraction of sp³-hybridized carbons (Fsp3) is 0.333. The van der Waals surface area contributed by atoms with Crippen molar-refractivity contribution in [2.45, 2.75) is 25.7 Å². The van der Waals surface area contributed by atoms with Crippen LogP contribution in [0.3, 0.4) is 0 Å². The summed E-state index contributed by atoms with van der Waals surface area (Å²) in [5.74, 6) is 1.84. The number of methoxy groups -OCH3 is 1. The minimum Gasteiger partial charge on any atom is -0.497 e. The fourth-order valence-electron chi connectivity index (χ4n) is 4.64. The SMILES string of the molecule is COc1ccc2cc([C@H](C)C(=O)N3CCC(C(=O)Nc4ccc5c(c4)OCO5)CC3)ccc2c1. The van der Waals surface area contributed by atoms with Gasteiger partial charge in [-0.25, -0.2) is 0 Å². The molecule has 0 aliphatic carbocycles. The summed E-state index contributed by atoms with van der Waals surface area (Å²) in [6, 6.07) is 17.4. The first-order valence-electron chi connectivity index (χ1n) is 11.6. The number of nitrogens with one attached hydrogen (secondary N) is 1. The average Bonchev–Trinajstić information content (AvgIpc) is 3.35. The van der Waals surface area contributed by atoms with Crippen molar-refractivity contribution < 1.29 is 23.8 Å². The van der Waals surface area contributed by atoms with E-state index in [1.165, 1.54) is 0 Å². The lowest BCUT2D eigenvalue weighted by Crippen LogP contribution is -2.43. The molecule has 3 aromatic rings. The van der Waals surface area contributed by atoms with Crippen molar-refractivity contribution in [3.05, 3.63) is 60.2 Å². The van der Waals surface area contributed by atoms with Gasteiger partial charge >= 0.3 is 0 Å². The van der Waals surface area contributed by atoms with Gasteiger partial charge in [-0.3, -0.25) is 9.59 Å². The summed E-state index contributed by atoms with van der Waals surface area (Å²) in [5.41, 5.74) is 1.68. The Labute approximate surface area is 198 Å². The molecular formula is C27H28N2O5. The van der Waals surface area contributed by atoms with Crippen LogP contribution in [0.1, 0.15) is 31.2 Å². The largest absolute Gasteiger partial charge is 0.497 e. The molecule has 2 aliphatic rings. The first kappa shape index (κ1) is 22.1. The van der Waals surface area contributed by atoms with Gasteiger partial charge in [0.25, 0.3) is 0 Å². The smallest absolute Gasteiger partial charge is 0.231 e. The van der Waals surface area contributed by atoms with Crippen molar-refractivity contribution in [3.63, 3.8) is 0 Å². The third-order valence-corrected chi connectivity index (χ3v) is 6.76. The number of anilines is 1. The molecule has 34 heavy (non-hydrogen) atoms. The zero-order valence-electron chi connectivity index (χ0n) is 19.4. The standard InChI is InChI=1S/C27H28N2O5/c1-17(19-3-4-21-14-23(32-2)7-5-20(21)13-19)27(31)29-11-9-18(10-12-29)26(30)28-22-6-8-24-25(15-22)34-16-33-24/h3-8,13-15,17-18H,9-12,16H2,1-2H3,(H,28,30)/t17-/m0/s1. The Balaban J connectivity index is 1.18. The summed E-state index contributed by atoms with van der Waals surface area (Å²) in [5, 5.41) is 5.13. The van der Waals surface area contributed by atoms with Crippen molar-refractivity contribution >= 4 is 28.3 Å². The van der Waals surface area contributed by atoms with Crippen molar-refractivity contribution in [3.8, 4) is 17.2 Å². The number of nitrogens with zero attached hydrogens (tertiary/aromatic N) is 1. The third-order valence-electron chi connectivity index (χ3n) is 6.76. The van der Waals surface area contributed by atoms with Crippen LogP contribution >= 0.6 is 0 Å². The van der Waals surface area contributed by atoms with Gasteiger partial charge in [0.1, 0.15) is 5.75 Å². The van der Waals surface area contributed by atoms with Crippen molar-refractivity contribution in [2.24, 2.45) is 5.92 Å². The van der Waals surface area contributed by atoms with Crippen molar-refractivity contribution in [1.29, 1.82) is 0 Å². The topological polar surface area (TPSA) is 77.1 Å². The van der Waals surface area contributed by atoms with E-state index in [1.54, 1.807) is 19.2 Å². The molecule has 1 atom stereocenters. The van der Waals surface area contributed by atoms with Gasteiger partial charge in [-0.15, -0.1) is 0 Å². The van der Waals surface area contributed by atoms with Crippen LogP contribution in [0.5, 0.6) is 17.2 Å². The fourth-order valence-corrected chi connectivity index (χ4v) is 4.64. The van der Waals surface area contributed by atoms with E-state index in [0.29, 0.717) is 43.1 Å². The Hall–Kier alpha value is -3.74. The molecule has 7 nitrogen and oxygen atoms in total. The van der Waals surface area contributed by atoms with Gasteiger partial charge in [-0.2, -0.15) is 0 Å². The van der Waals surface area contributed by atoms with E-state index in [2.05, 4.69) is 11.4 Å². The lowest BCUT2D eigenvalue weighted by atomic mass is 9.92. The molecule has 0 spiro atoms. The first-order valence-corrected chi connectivity index (χ1v) is 11.6. The normalized spacial score (nSPS) is 16.4. The van der Waals surface area contributed by atoms with Gasteiger partial charge in [0, 0.05) is 30.8 Å². The third kappa shape index (κ3) is 4.38. The summed E-state index contributed by atoms with van der Waals surface area (Å²) in [6.07, 6.45) is 1.29. The molecule has 0 saturated carbocycles. The molecule has 5 rings (SSSR count). The highest BCUT2D eigenvalue weighted by Crippen LogP contribution is 2.34. The second kappa shape index (κ2) is 9.25. The van der Waals surface area contributed by atoms with E-state index in [1.807, 2.05) is 48.2 Å². The number of amides is 2. The van der Waals surface area contributed by atoms with Crippen LogP contribution in [0.15, 0.2) is 54.6 Å². The number of piperidine rings is 1. The van der Waals surface area contributed by atoms with Crippen molar-refractivity contribution in [2.75, 3.05) is 32.3 Å². The van der Waals surface area contributed by atoms with Gasteiger partial charge < -0.3 is 24.4 Å². The predicted octanol–water partition coefficient (Wildman–Crippen LogP) is 4.56. The Morgan fingerprint density at radius 3 is 2.50 bits per heavy atom. The molecule has 7 heteroatoms.